The lowest BCUT2D eigenvalue weighted by Gasteiger charge is -2.26. The van der Waals surface area contributed by atoms with Gasteiger partial charge in [-0.25, -0.2) is 16.8 Å². The maximum Gasteiger partial charge on any atom is 0.262 e. The molecule has 2 aromatic carbocycles. The summed E-state index contributed by atoms with van der Waals surface area (Å²) in [6.07, 6.45) is 3.61. The van der Waals surface area contributed by atoms with Crippen molar-refractivity contribution in [2.45, 2.75) is 41.9 Å². The van der Waals surface area contributed by atoms with Gasteiger partial charge in [0.25, 0.3) is 10.0 Å². The van der Waals surface area contributed by atoms with Crippen LogP contribution >= 0.6 is 0 Å². The van der Waals surface area contributed by atoms with E-state index in [0.29, 0.717) is 43.9 Å². The van der Waals surface area contributed by atoms with Gasteiger partial charge in [-0.1, -0.05) is 6.42 Å². The van der Waals surface area contributed by atoms with E-state index in [2.05, 4.69) is 4.72 Å². The third kappa shape index (κ3) is 5.09. The highest BCUT2D eigenvalue weighted by Gasteiger charge is 2.29. The highest BCUT2D eigenvalue weighted by atomic mass is 32.2. The van der Waals surface area contributed by atoms with Crippen LogP contribution in [0.25, 0.3) is 0 Å². The number of methoxy groups -OCH3 is 2. The standard InChI is InChI=1S/C23H29N3O7S2/c1-32-21-10-9-18(35(30,31)25-12-4-3-5-13-25)15-19(21)24-34(28,29)17-8-11-22(33-2)20(16-17)26-14-6-7-23(26)27/h8-11,15-16,24H,3-7,12-14H2,1-2H3. The Kier molecular flexibility index (Phi) is 7.25. The molecule has 2 saturated heterocycles. The summed E-state index contributed by atoms with van der Waals surface area (Å²) < 4.78 is 67.4. The minimum atomic E-state index is -4.16. The Morgan fingerprint density at radius 1 is 0.800 bits per heavy atom. The summed E-state index contributed by atoms with van der Waals surface area (Å²) >= 11 is 0. The zero-order chi connectivity index (χ0) is 25.2. The molecule has 0 radical (unpaired) electrons. The van der Waals surface area contributed by atoms with E-state index in [9.17, 15) is 21.6 Å². The van der Waals surface area contributed by atoms with E-state index in [1.54, 1.807) is 0 Å². The van der Waals surface area contributed by atoms with Crippen molar-refractivity contribution in [1.82, 2.24) is 4.31 Å². The van der Waals surface area contributed by atoms with Crippen LogP contribution in [-0.4, -0.2) is 60.9 Å². The van der Waals surface area contributed by atoms with Crippen LogP contribution in [0.15, 0.2) is 46.2 Å². The van der Waals surface area contributed by atoms with Crippen molar-refractivity contribution in [2.75, 3.05) is 43.5 Å². The molecule has 2 aliphatic rings. The van der Waals surface area contributed by atoms with Crippen LogP contribution in [0.5, 0.6) is 11.5 Å². The first-order valence-electron chi connectivity index (χ1n) is 11.4. The Balaban J connectivity index is 1.69. The first-order chi connectivity index (χ1) is 16.7. The average Bonchev–Trinajstić information content (AvgIpc) is 3.29. The van der Waals surface area contributed by atoms with Gasteiger partial charge in [-0.05, 0) is 55.7 Å². The van der Waals surface area contributed by atoms with Crippen LogP contribution in [0.1, 0.15) is 32.1 Å². The molecule has 0 aliphatic carbocycles. The van der Waals surface area contributed by atoms with Crippen LogP contribution in [0, 0.1) is 0 Å². The molecular formula is C23H29N3O7S2. The van der Waals surface area contributed by atoms with E-state index in [-0.39, 0.29) is 27.1 Å². The third-order valence-electron chi connectivity index (χ3n) is 6.19. The first kappa shape index (κ1) is 25.3. The Bertz CT molecular complexity index is 1320. The molecule has 2 fully saturated rings. The van der Waals surface area contributed by atoms with Crippen LogP contribution in [0.3, 0.4) is 0 Å². The van der Waals surface area contributed by atoms with Crippen LogP contribution in [0.2, 0.25) is 0 Å². The Morgan fingerprint density at radius 2 is 1.46 bits per heavy atom. The Labute approximate surface area is 205 Å². The van der Waals surface area contributed by atoms with Crippen molar-refractivity contribution in [2.24, 2.45) is 0 Å². The van der Waals surface area contributed by atoms with Crippen LogP contribution < -0.4 is 19.1 Å². The summed E-state index contributed by atoms with van der Waals surface area (Å²) in [5.41, 5.74) is 0.367. The molecule has 0 atom stereocenters. The summed E-state index contributed by atoms with van der Waals surface area (Å²) in [6.45, 7) is 1.33. The summed E-state index contributed by atoms with van der Waals surface area (Å²) in [5, 5.41) is 0. The topological polar surface area (TPSA) is 122 Å². The largest absolute Gasteiger partial charge is 0.495 e. The number of benzene rings is 2. The molecule has 2 aromatic rings. The van der Waals surface area contributed by atoms with Gasteiger partial charge in [0.1, 0.15) is 11.5 Å². The van der Waals surface area contributed by atoms with Gasteiger partial charge in [-0.2, -0.15) is 4.31 Å². The van der Waals surface area contributed by atoms with Crippen molar-refractivity contribution < 1.29 is 31.1 Å². The number of rotatable bonds is 8. The van der Waals surface area contributed by atoms with E-state index in [1.165, 1.54) is 59.8 Å². The van der Waals surface area contributed by atoms with Gasteiger partial charge in [0.2, 0.25) is 15.9 Å². The molecule has 0 saturated carbocycles. The smallest absolute Gasteiger partial charge is 0.262 e. The quantitative estimate of drug-likeness (QED) is 0.565. The lowest BCUT2D eigenvalue weighted by molar-refractivity contribution is -0.117. The molecular weight excluding hydrogens is 494 g/mol. The van der Waals surface area contributed by atoms with Gasteiger partial charge < -0.3 is 14.4 Å². The maximum atomic E-state index is 13.3. The summed E-state index contributed by atoms with van der Waals surface area (Å²) in [4.78, 5) is 13.7. The van der Waals surface area contributed by atoms with Crippen LogP contribution in [-0.2, 0) is 24.8 Å². The Morgan fingerprint density at radius 3 is 2.09 bits per heavy atom. The lowest BCUT2D eigenvalue weighted by Crippen LogP contribution is -2.35. The van der Waals surface area contributed by atoms with E-state index < -0.39 is 20.0 Å². The molecule has 2 heterocycles. The number of nitrogens with one attached hydrogen (secondary N) is 1. The zero-order valence-corrected chi connectivity index (χ0v) is 21.3. The zero-order valence-electron chi connectivity index (χ0n) is 19.7. The molecule has 0 bridgehead atoms. The molecule has 1 amide bonds. The van der Waals surface area contributed by atoms with E-state index in [1.807, 2.05) is 0 Å². The van der Waals surface area contributed by atoms with Crippen molar-refractivity contribution in [3.63, 3.8) is 0 Å². The molecule has 35 heavy (non-hydrogen) atoms. The minimum Gasteiger partial charge on any atom is -0.495 e. The van der Waals surface area contributed by atoms with Crippen molar-refractivity contribution >= 4 is 37.3 Å². The highest BCUT2D eigenvalue weighted by Crippen LogP contribution is 2.36. The fraction of sp³-hybridized carbons (Fsp3) is 0.435. The number of hydrogen-bond donors (Lipinski definition) is 1. The SMILES string of the molecule is COc1ccc(S(=O)(=O)N2CCCCC2)cc1NS(=O)(=O)c1ccc(OC)c(N2CCCC2=O)c1. The van der Waals surface area contributed by atoms with Gasteiger partial charge in [0, 0.05) is 26.1 Å². The second-order valence-corrected chi connectivity index (χ2v) is 12.0. The highest BCUT2D eigenvalue weighted by molar-refractivity contribution is 7.92. The maximum absolute atomic E-state index is 13.3. The number of nitrogens with zero attached hydrogens (tertiary/aromatic N) is 2. The number of amides is 1. The van der Waals surface area contributed by atoms with E-state index in [4.69, 9.17) is 9.47 Å². The molecule has 190 valence electrons. The second-order valence-electron chi connectivity index (χ2n) is 8.41. The average molecular weight is 524 g/mol. The first-order valence-corrected chi connectivity index (χ1v) is 14.3. The lowest BCUT2D eigenvalue weighted by atomic mass is 10.2. The molecule has 1 N–H and O–H groups in total. The Hall–Kier alpha value is -2.83. The normalized spacial score (nSPS) is 17.4. The minimum absolute atomic E-state index is 0.000186. The summed E-state index contributed by atoms with van der Waals surface area (Å²) in [5.74, 6) is 0.448. The fourth-order valence-corrected chi connectivity index (χ4v) is 6.96. The number of carbonyl (C=O) groups excluding carboxylic acids is 1. The van der Waals surface area contributed by atoms with Crippen molar-refractivity contribution in [3.05, 3.63) is 36.4 Å². The predicted molar refractivity (Wildman–Crippen MR) is 131 cm³/mol. The third-order valence-corrected chi connectivity index (χ3v) is 9.45. The van der Waals surface area contributed by atoms with Crippen molar-refractivity contribution in [1.29, 1.82) is 0 Å². The van der Waals surface area contributed by atoms with Gasteiger partial charge in [0.15, 0.2) is 0 Å². The van der Waals surface area contributed by atoms with Gasteiger partial charge in [0.05, 0.1) is 35.4 Å². The van der Waals surface area contributed by atoms with E-state index >= 15 is 0 Å². The van der Waals surface area contributed by atoms with Gasteiger partial charge in [-0.3, -0.25) is 9.52 Å². The van der Waals surface area contributed by atoms with Gasteiger partial charge in [-0.15, -0.1) is 0 Å². The molecule has 0 unspecified atom stereocenters. The number of sulfonamides is 2. The predicted octanol–water partition coefficient (Wildman–Crippen LogP) is 2.81. The molecule has 4 rings (SSSR count). The monoisotopic (exact) mass is 523 g/mol. The van der Waals surface area contributed by atoms with Crippen LogP contribution in [0.4, 0.5) is 11.4 Å². The number of ether oxygens (including phenoxy) is 2. The molecule has 2 aliphatic heterocycles. The number of hydrogen-bond acceptors (Lipinski definition) is 7. The molecule has 0 aromatic heterocycles. The summed E-state index contributed by atoms with van der Waals surface area (Å²) in [7, 11) is -5.12. The molecule has 12 heteroatoms. The van der Waals surface area contributed by atoms with E-state index in [0.717, 1.165) is 19.3 Å². The summed E-state index contributed by atoms with van der Waals surface area (Å²) in [6, 6.07) is 8.35. The second kappa shape index (κ2) is 10.0. The van der Waals surface area contributed by atoms with Crippen molar-refractivity contribution in [3.8, 4) is 11.5 Å². The number of carbonyl (C=O) groups is 1. The fourth-order valence-electron chi connectivity index (χ4n) is 4.34. The molecule has 0 spiro atoms. The van der Waals surface area contributed by atoms with Gasteiger partial charge >= 0.3 is 0 Å². The number of piperidine rings is 1. The molecule has 10 nitrogen and oxygen atoms in total. The number of anilines is 2.